The molecule has 0 amide bonds. The molecule has 1 aliphatic heterocycles. The summed E-state index contributed by atoms with van der Waals surface area (Å²) < 4.78 is 0. The number of hydrogen-bond acceptors (Lipinski definition) is 2. The van der Waals surface area contributed by atoms with Gasteiger partial charge in [0.25, 0.3) is 0 Å². The minimum Gasteiger partial charge on any atom is -0.358 e. The molecule has 1 aliphatic rings. The zero-order valence-corrected chi connectivity index (χ0v) is 16.3. The highest BCUT2D eigenvalue weighted by Gasteiger charge is 2.12. The summed E-state index contributed by atoms with van der Waals surface area (Å²) in [6, 6.07) is 10.6. The second-order valence-electron chi connectivity index (χ2n) is 7.45. The average molecular weight is 343 g/mol. The maximum atomic E-state index is 2.43. The number of rotatable bonds is 14. The normalized spacial score (nSPS) is 13.8. The average Bonchev–Trinajstić information content (AvgIpc) is 3.12. The van der Waals surface area contributed by atoms with E-state index >= 15 is 0 Å². The molecule has 1 heterocycles. The number of benzene rings is 1. The molecule has 1 aromatic rings. The van der Waals surface area contributed by atoms with E-state index in [1.165, 1.54) is 89.3 Å². The Bertz CT molecular complexity index is 454. The van der Waals surface area contributed by atoms with Crippen molar-refractivity contribution in [3.63, 3.8) is 0 Å². The van der Waals surface area contributed by atoms with Gasteiger partial charge in [-0.15, -0.1) is 0 Å². The standard InChI is InChI=1S/C23H38N2/c1-2-3-4-5-6-7-8-9-10-11-12-16-19-24-20-21-25(22-24)23-17-14-13-15-18-23/h13-15,17-18,20-21H,2-12,16,19,22H2,1H3. The summed E-state index contributed by atoms with van der Waals surface area (Å²) in [5.74, 6) is 0. The van der Waals surface area contributed by atoms with E-state index in [1.807, 2.05) is 0 Å². The number of anilines is 1. The van der Waals surface area contributed by atoms with Gasteiger partial charge in [-0.2, -0.15) is 0 Å². The van der Waals surface area contributed by atoms with E-state index in [1.54, 1.807) is 0 Å². The number of hydrogen-bond donors (Lipinski definition) is 0. The Morgan fingerprint density at radius 3 is 1.84 bits per heavy atom. The van der Waals surface area contributed by atoms with Crippen LogP contribution in [-0.4, -0.2) is 18.1 Å². The second kappa shape index (κ2) is 12.9. The molecule has 2 heteroatoms. The van der Waals surface area contributed by atoms with Gasteiger partial charge >= 0.3 is 0 Å². The Balaban J connectivity index is 1.39. The molecule has 1 aromatic carbocycles. The van der Waals surface area contributed by atoms with Crippen molar-refractivity contribution in [2.75, 3.05) is 18.1 Å². The quantitative estimate of drug-likeness (QED) is 0.338. The molecule has 0 saturated carbocycles. The molecule has 0 fully saturated rings. The first-order chi connectivity index (χ1) is 12.4. The van der Waals surface area contributed by atoms with E-state index in [4.69, 9.17) is 0 Å². The summed E-state index contributed by atoms with van der Waals surface area (Å²) in [4.78, 5) is 4.75. The number of para-hydroxylation sites is 1. The molecule has 0 radical (unpaired) electrons. The number of unbranched alkanes of at least 4 members (excludes halogenated alkanes) is 11. The van der Waals surface area contributed by atoms with E-state index < -0.39 is 0 Å². The van der Waals surface area contributed by atoms with Crippen molar-refractivity contribution in [2.24, 2.45) is 0 Å². The largest absolute Gasteiger partial charge is 0.358 e. The molecular formula is C23H38N2. The van der Waals surface area contributed by atoms with Crippen molar-refractivity contribution in [2.45, 2.75) is 84.0 Å². The molecular weight excluding hydrogens is 304 g/mol. The summed E-state index contributed by atoms with van der Waals surface area (Å²) in [5, 5.41) is 0. The monoisotopic (exact) mass is 342 g/mol. The van der Waals surface area contributed by atoms with Gasteiger partial charge in [-0.3, -0.25) is 0 Å². The summed E-state index contributed by atoms with van der Waals surface area (Å²) in [5.41, 5.74) is 1.29. The van der Waals surface area contributed by atoms with Crippen LogP contribution < -0.4 is 4.90 Å². The summed E-state index contributed by atoms with van der Waals surface area (Å²) in [6.45, 7) is 4.48. The third-order valence-electron chi connectivity index (χ3n) is 5.18. The zero-order valence-electron chi connectivity index (χ0n) is 16.3. The fourth-order valence-corrected chi connectivity index (χ4v) is 3.55. The van der Waals surface area contributed by atoms with Crippen LogP contribution >= 0.6 is 0 Å². The van der Waals surface area contributed by atoms with Gasteiger partial charge in [-0.1, -0.05) is 95.8 Å². The molecule has 0 saturated heterocycles. The van der Waals surface area contributed by atoms with Crippen molar-refractivity contribution in [1.82, 2.24) is 4.90 Å². The Morgan fingerprint density at radius 2 is 1.24 bits per heavy atom. The molecule has 0 aliphatic carbocycles. The lowest BCUT2D eigenvalue weighted by atomic mass is 10.1. The van der Waals surface area contributed by atoms with Gasteiger partial charge in [0.05, 0.1) is 6.67 Å². The molecule has 2 nitrogen and oxygen atoms in total. The van der Waals surface area contributed by atoms with Crippen LogP contribution in [0.3, 0.4) is 0 Å². The molecule has 0 bridgehead atoms. The summed E-state index contributed by atoms with van der Waals surface area (Å²) in [6.07, 6.45) is 21.5. The van der Waals surface area contributed by atoms with Gasteiger partial charge in [-0.25, -0.2) is 0 Å². The highest BCUT2D eigenvalue weighted by atomic mass is 15.3. The van der Waals surface area contributed by atoms with Gasteiger partial charge in [0, 0.05) is 24.6 Å². The van der Waals surface area contributed by atoms with Crippen LogP contribution in [0.5, 0.6) is 0 Å². The van der Waals surface area contributed by atoms with Crippen LogP contribution in [0.15, 0.2) is 42.7 Å². The second-order valence-corrected chi connectivity index (χ2v) is 7.45. The smallest absolute Gasteiger partial charge is 0.0941 e. The minimum absolute atomic E-state index is 1.00. The lowest BCUT2D eigenvalue weighted by Crippen LogP contribution is -2.25. The highest BCUT2D eigenvalue weighted by molar-refractivity contribution is 5.49. The fraction of sp³-hybridized carbons (Fsp3) is 0.652. The first kappa shape index (κ1) is 19.9. The Hall–Kier alpha value is -1.44. The molecule has 0 N–H and O–H groups in total. The Labute approximate surface area is 155 Å². The third kappa shape index (κ3) is 8.47. The lowest BCUT2D eigenvalue weighted by molar-refractivity contribution is 0.388. The first-order valence-electron chi connectivity index (χ1n) is 10.6. The molecule has 0 unspecified atom stereocenters. The van der Waals surface area contributed by atoms with Crippen LogP contribution in [0.1, 0.15) is 84.0 Å². The minimum atomic E-state index is 1.00. The van der Waals surface area contributed by atoms with Crippen LogP contribution in [-0.2, 0) is 0 Å². The van der Waals surface area contributed by atoms with Gasteiger partial charge in [-0.05, 0) is 18.6 Å². The van der Waals surface area contributed by atoms with Gasteiger partial charge < -0.3 is 9.80 Å². The predicted molar refractivity (Wildman–Crippen MR) is 111 cm³/mol. The summed E-state index contributed by atoms with van der Waals surface area (Å²) in [7, 11) is 0. The molecule has 25 heavy (non-hydrogen) atoms. The van der Waals surface area contributed by atoms with E-state index in [0.29, 0.717) is 0 Å². The summed E-state index contributed by atoms with van der Waals surface area (Å²) >= 11 is 0. The van der Waals surface area contributed by atoms with Crippen molar-refractivity contribution < 1.29 is 0 Å². The van der Waals surface area contributed by atoms with Crippen molar-refractivity contribution >= 4 is 5.69 Å². The van der Waals surface area contributed by atoms with Gasteiger partial charge in [0.2, 0.25) is 0 Å². The van der Waals surface area contributed by atoms with E-state index in [9.17, 15) is 0 Å². The topological polar surface area (TPSA) is 6.48 Å². The fourth-order valence-electron chi connectivity index (χ4n) is 3.55. The molecule has 0 aromatic heterocycles. The molecule has 2 rings (SSSR count). The zero-order chi connectivity index (χ0) is 17.6. The van der Waals surface area contributed by atoms with Crippen LogP contribution in [0.4, 0.5) is 5.69 Å². The van der Waals surface area contributed by atoms with Crippen LogP contribution in [0.25, 0.3) is 0 Å². The Morgan fingerprint density at radius 1 is 0.680 bits per heavy atom. The van der Waals surface area contributed by atoms with Gasteiger partial charge in [0.15, 0.2) is 0 Å². The van der Waals surface area contributed by atoms with E-state index in [-0.39, 0.29) is 0 Å². The van der Waals surface area contributed by atoms with Crippen molar-refractivity contribution in [3.05, 3.63) is 42.7 Å². The maximum Gasteiger partial charge on any atom is 0.0941 e. The highest BCUT2D eigenvalue weighted by Crippen LogP contribution is 2.19. The molecule has 0 spiro atoms. The maximum absolute atomic E-state index is 2.43. The van der Waals surface area contributed by atoms with Crippen LogP contribution in [0, 0.1) is 0 Å². The van der Waals surface area contributed by atoms with E-state index in [0.717, 1.165) is 6.67 Å². The SMILES string of the molecule is CCCCCCCCCCCCCCN1C=CN(c2ccccc2)C1. The number of nitrogens with zero attached hydrogens (tertiary/aromatic N) is 2. The molecule has 140 valence electrons. The van der Waals surface area contributed by atoms with E-state index in [2.05, 4.69) is 59.5 Å². The lowest BCUT2D eigenvalue weighted by Gasteiger charge is -2.21. The van der Waals surface area contributed by atoms with Gasteiger partial charge in [0.1, 0.15) is 0 Å². The third-order valence-corrected chi connectivity index (χ3v) is 5.18. The predicted octanol–water partition coefficient (Wildman–Crippen LogP) is 6.94. The first-order valence-corrected chi connectivity index (χ1v) is 10.6. The molecule has 0 atom stereocenters. The van der Waals surface area contributed by atoms with Crippen LogP contribution in [0.2, 0.25) is 0 Å². The Kier molecular flexibility index (Phi) is 10.2. The van der Waals surface area contributed by atoms with Crippen molar-refractivity contribution in [1.29, 1.82) is 0 Å². The van der Waals surface area contributed by atoms with Crippen molar-refractivity contribution in [3.8, 4) is 0 Å².